The number of benzene rings is 1. The quantitative estimate of drug-likeness (QED) is 0.835. The summed E-state index contributed by atoms with van der Waals surface area (Å²) in [5.74, 6) is 0.0372. The van der Waals surface area contributed by atoms with E-state index in [0.29, 0.717) is 31.0 Å². The van der Waals surface area contributed by atoms with Crippen molar-refractivity contribution in [3.05, 3.63) is 40.6 Å². The maximum Gasteiger partial charge on any atom is 0.250 e. The lowest BCUT2D eigenvalue weighted by atomic mass is 9.88. The van der Waals surface area contributed by atoms with E-state index in [0.717, 1.165) is 5.56 Å². The number of halogens is 1. The Hall–Kier alpha value is -1.61. The molecule has 2 aromatic rings. The van der Waals surface area contributed by atoms with Gasteiger partial charge in [0, 0.05) is 18.1 Å². The third-order valence-electron chi connectivity index (χ3n) is 4.59. The average molecular weight is 386 g/mol. The van der Waals surface area contributed by atoms with Gasteiger partial charge in [-0.05, 0) is 43.4 Å². The van der Waals surface area contributed by atoms with E-state index in [1.54, 1.807) is 24.3 Å². The minimum atomic E-state index is -3.75. The monoisotopic (exact) mass is 385 g/mol. The van der Waals surface area contributed by atoms with Gasteiger partial charge in [0.25, 0.3) is 0 Å². The van der Waals surface area contributed by atoms with Crippen LogP contribution < -0.4 is 5.73 Å². The molecule has 25 heavy (non-hydrogen) atoms. The highest BCUT2D eigenvalue weighted by Gasteiger charge is 2.36. The summed E-state index contributed by atoms with van der Waals surface area (Å²) >= 11 is 5.87. The Bertz CT molecular complexity index is 823. The van der Waals surface area contributed by atoms with Gasteiger partial charge < -0.3 is 15.4 Å². The topological polar surface area (TPSA) is 110 Å². The highest BCUT2D eigenvalue weighted by molar-refractivity contribution is 7.89. The van der Waals surface area contributed by atoms with Gasteiger partial charge in [0.2, 0.25) is 10.0 Å². The molecule has 136 valence electrons. The second-order valence-corrected chi connectivity index (χ2v) is 8.50. The van der Waals surface area contributed by atoms with Crippen LogP contribution in [0, 0.1) is 12.8 Å². The van der Waals surface area contributed by atoms with Crippen LogP contribution in [-0.4, -0.2) is 36.1 Å². The first-order valence-electron chi connectivity index (χ1n) is 7.96. The number of sulfonamides is 1. The third-order valence-corrected chi connectivity index (χ3v) is 6.90. The normalized spacial score (nSPS) is 18.4. The van der Waals surface area contributed by atoms with E-state index < -0.39 is 16.1 Å². The number of hydrogen-bond acceptors (Lipinski definition) is 6. The van der Waals surface area contributed by atoms with Crippen LogP contribution in [0.3, 0.4) is 0 Å². The van der Waals surface area contributed by atoms with E-state index >= 15 is 0 Å². The molecule has 1 atom stereocenters. The maximum absolute atomic E-state index is 12.7. The molecule has 1 unspecified atom stereocenters. The van der Waals surface area contributed by atoms with Crippen LogP contribution in [0.5, 0.6) is 0 Å². The molecule has 1 aliphatic rings. The first-order valence-corrected chi connectivity index (χ1v) is 9.78. The highest BCUT2D eigenvalue weighted by Crippen LogP contribution is 2.34. The summed E-state index contributed by atoms with van der Waals surface area (Å²) in [6.45, 7) is 2.14. The molecule has 0 radical (unpaired) electrons. The lowest BCUT2D eigenvalue weighted by Gasteiger charge is -2.33. The molecule has 1 fully saturated rings. The van der Waals surface area contributed by atoms with Crippen molar-refractivity contribution in [2.24, 2.45) is 5.92 Å². The third kappa shape index (κ3) is 3.52. The fraction of sp³-hybridized carbons (Fsp3) is 0.438. The smallest absolute Gasteiger partial charge is 0.250 e. The Morgan fingerprint density at radius 1 is 1.32 bits per heavy atom. The van der Waals surface area contributed by atoms with Crippen LogP contribution in [0.1, 0.15) is 30.3 Å². The molecule has 3 N–H and O–H groups in total. The van der Waals surface area contributed by atoms with Gasteiger partial charge in [-0.2, -0.15) is 4.31 Å². The summed E-state index contributed by atoms with van der Waals surface area (Å²) in [4.78, 5) is -0.0656. The number of aliphatic hydroxyl groups excluding tert-OH is 1. The molecular formula is C16H20ClN3O4S. The average Bonchev–Trinajstić information content (AvgIpc) is 2.94. The summed E-state index contributed by atoms with van der Waals surface area (Å²) in [5, 5.41) is 14.7. The molecule has 1 aliphatic heterocycles. The van der Waals surface area contributed by atoms with Crippen LogP contribution in [0.25, 0.3) is 0 Å². The van der Waals surface area contributed by atoms with Gasteiger partial charge in [0.05, 0.1) is 6.10 Å². The van der Waals surface area contributed by atoms with Gasteiger partial charge in [-0.15, -0.1) is 0 Å². The summed E-state index contributed by atoms with van der Waals surface area (Å²) in [7, 11) is -3.75. The van der Waals surface area contributed by atoms with Crippen LogP contribution in [-0.2, 0) is 10.0 Å². The van der Waals surface area contributed by atoms with Crippen LogP contribution in [0.15, 0.2) is 33.7 Å². The lowest BCUT2D eigenvalue weighted by Crippen LogP contribution is -2.40. The number of hydrogen-bond donors (Lipinski definition) is 2. The van der Waals surface area contributed by atoms with Gasteiger partial charge in [-0.25, -0.2) is 8.42 Å². The molecule has 0 bridgehead atoms. The summed E-state index contributed by atoms with van der Waals surface area (Å²) in [6.07, 6.45) is 0.449. The van der Waals surface area contributed by atoms with E-state index in [9.17, 15) is 13.5 Å². The van der Waals surface area contributed by atoms with Crippen molar-refractivity contribution in [2.75, 3.05) is 18.8 Å². The van der Waals surface area contributed by atoms with E-state index in [4.69, 9.17) is 21.9 Å². The molecule has 2 heterocycles. The number of nitrogens with two attached hydrogens (primary N) is 1. The Morgan fingerprint density at radius 3 is 2.44 bits per heavy atom. The largest absolute Gasteiger partial charge is 0.388 e. The molecular weight excluding hydrogens is 366 g/mol. The number of piperidine rings is 1. The molecule has 9 heteroatoms. The van der Waals surface area contributed by atoms with Gasteiger partial charge in [-0.1, -0.05) is 28.9 Å². The molecule has 3 rings (SSSR count). The van der Waals surface area contributed by atoms with Crippen LogP contribution in [0.2, 0.25) is 5.02 Å². The Kier molecular flexibility index (Phi) is 5.06. The molecule has 0 amide bonds. The zero-order valence-electron chi connectivity index (χ0n) is 13.7. The predicted octanol–water partition coefficient (Wildman–Crippen LogP) is 2.35. The second-order valence-electron chi connectivity index (χ2n) is 6.19. The van der Waals surface area contributed by atoms with Gasteiger partial charge in [0.1, 0.15) is 0 Å². The standard InChI is InChI=1S/C16H20ClN3O4S/c1-10-15(16(18)19-24-10)25(22,23)20-8-6-12(7-9-20)14(21)11-2-4-13(17)5-3-11/h2-5,12,14,21H,6-9H2,1H3,(H2,18,19). The van der Waals surface area contributed by atoms with E-state index in [2.05, 4.69) is 5.16 Å². The van der Waals surface area contributed by atoms with Gasteiger partial charge in [0.15, 0.2) is 16.5 Å². The number of rotatable bonds is 4. The molecule has 1 saturated heterocycles. The lowest BCUT2D eigenvalue weighted by molar-refractivity contribution is 0.0760. The molecule has 0 saturated carbocycles. The number of nitrogen functional groups attached to an aromatic ring is 1. The van der Waals surface area contributed by atoms with Crippen molar-refractivity contribution in [1.82, 2.24) is 9.46 Å². The minimum absolute atomic E-state index is 0.0199. The van der Waals surface area contributed by atoms with Crippen molar-refractivity contribution < 1.29 is 18.0 Å². The zero-order chi connectivity index (χ0) is 18.2. The van der Waals surface area contributed by atoms with Crippen molar-refractivity contribution in [3.63, 3.8) is 0 Å². The summed E-state index contributed by atoms with van der Waals surface area (Å²) in [6, 6.07) is 7.04. The number of aliphatic hydroxyl groups is 1. The SMILES string of the molecule is Cc1onc(N)c1S(=O)(=O)N1CCC(C(O)c2ccc(Cl)cc2)CC1. The van der Waals surface area contributed by atoms with Crippen LogP contribution in [0.4, 0.5) is 5.82 Å². The number of aryl methyl sites for hydroxylation is 1. The van der Waals surface area contributed by atoms with Gasteiger partial charge >= 0.3 is 0 Å². The predicted molar refractivity (Wildman–Crippen MR) is 93.5 cm³/mol. The molecule has 1 aromatic carbocycles. The Morgan fingerprint density at radius 2 is 1.92 bits per heavy atom. The second kappa shape index (κ2) is 6.95. The van der Waals surface area contributed by atoms with Crippen molar-refractivity contribution in [1.29, 1.82) is 0 Å². The van der Waals surface area contributed by atoms with E-state index in [-0.39, 0.29) is 22.4 Å². The number of nitrogens with zero attached hydrogens (tertiary/aromatic N) is 2. The molecule has 7 nitrogen and oxygen atoms in total. The Balaban J connectivity index is 1.70. The highest BCUT2D eigenvalue weighted by atomic mass is 35.5. The van der Waals surface area contributed by atoms with Crippen LogP contribution >= 0.6 is 11.6 Å². The van der Waals surface area contributed by atoms with Crippen molar-refractivity contribution >= 4 is 27.4 Å². The first-order chi connectivity index (χ1) is 11.8. The summed E-state index contributed by atoms with van der Waals surface area (Å²) in [5.41, 5.74) is 6.42. The molecule has 0 aliphatic carbocycles. The maximum atomic E-state index is 12.7. The van der Waals surface area contributed by atoms with Crippen molar-refractivity contribution in [3.8, 4) is 0 Å². The fourth-order valence-electron chi connectivity index (χ4n) is 3.19. The van der Waals surface area contributed by atoms with Crippen molar-refractivity contribution in [2.45, 2.75) is 30.8 Å². The van der Waals surface area contributed by atoms with Gasteiger partial charge in [-0.3, -0.25) is 0 Å². The number of aromatic nitrogens is 1. The Labute approximate surface area is 151 Å². The minimum Gasteiger partial charge on any atom is -0.388 e. The first kappa shape index (κ1) is 18.2. The zero-order valence-corrected chi connectivity index (χ0v) is 15.3. The molecule has 1 aromatic heterocycles. The molecule has 0 spiro atoms. The van der Waals surface area contributed by atoms with E-state index in [1.807, 2.05) is 0 Å². The summed E-state index contributed by atoms with van der Waals surface area (Å²) < 4.78 is 31.7. The number of anilines is 1. The van der Waals surface area contributed by atoms with E-state index in [1.165, 1.54) is 11.2 Å². The fourth-order valence-corrected chi connectivity index (χ4v) is 4.97.